The van der Waals surface area contributed by atoms with E-state index in [1.807, 2.05) is 32.0 Å². The molecule has 0 amide bonds. The third-order valence-corrected chi connectivity index (χ3v) is 5.53. The fourth-order valence-corrected chi connectivity index (χ4v) is 4.10. The lowest BCUT2D eigenvalue weighted by Gasteiger charge is -2.13. The van der Waals surface area contributed by atoms with Crippen LogP contribution >= 0.6 is 31.9 Å². The van der Waals surface area contributed by atoms with Gasteiger partial charge in [-0.3, -0.25) is 4.79 Å². The predicted molar refractivity (Wildman–Crippen MR) is 110 cm³/mol. The molecule has 140 valence electrons. The monoisotopic (exact) mass is 494 g/mol. The first kappa shape index (κ1) is 19.9. The first-order valence-corrected chi connectivity index (χ1v) is 9.88. The Hall–Kier alpha value is -1.86. The molecule has 0 saturated heterocycles. The maximum atomic E-state index is 13.7. The zero-order valence-electron chi connectivity index (χ0n) is 15.0. The molecule has 3 rings (SSSR count). The third kappa shape index (κ3) is 4.35. The molecule has 1 unspecified atom stereocenters. The molecule has 1 heterocycles. The Morgan fingerprint density at radius 2 is 1.81 bits per heavy atom. The Kier molecular flexibility index (Phi) is 5.91. The number of hydrogen-bond donors (Lipinski definition) is 0. The van der Waals surface area contributed by atoms with Crippen molar-refractivity contribution in [2.24, 2.45) is 0 Å². The second-order valence-electron chi connectivity index (χ2n) is 6.36. The van der Waals surface area contributed by atoms with Crippen LogP contribution in [0.1, 0.15) is 23.7 Å². The second kappa shape index (κ2) is 8.02. The summed E-state index contributed by atoms with van der Waals surface area (Å²) in [5, 5.41) is 9.30. The van der Waals surface area contributed by atoms with Gasteiger partial charge in [-0.25, -0.2) is 4.39 Å². The van der Waals surface area contributed by atoms with Crippen molar-refractivity contribution in [3.63, 3.8) is 0 Å². The Morgan fingerprint density at radius 3 is 2.44 bits per heavy atom. The number of halogens is 3. The number of alkyl halides is 1. The summed E-state index contributed by atoms with van der Waals surface area (Å²) in [7, 11) is 0. The molecule has 27 heavy (non-hydrogen) atoms. The minimum absolute atomic E-state index is 0.0277. The molecule has 7 heteroatoms. The van der Waals surface area contributed by atoms with Crippen molar-refractivity contribution in [2.75, 3.05) is 0 Å². The average Bonchev–Trinajstić information content (AvgIpc) is 2.61. The van der Waals surface area contributed by atoms with Crippen molar-refractivity contribution < 1.29 is 13.9 Å². The summed E-state index contributed by atoms with van der Waals surface area (Å²) in [5.74, 6) is 0.750. The molecular weight excluding hydrogens is 479 g/mol. The van der Waals surface area contributed by atoms with Crippen molar-refractivity contribution in [1.29, 1.82) is 0 Å². The van der Waals surface area contributed by atoms with Gasteiger partial charge in [-0.1, -0.05) is 0 Å². The highest BCUT2D eigenvalue weighted by molar-refractivity contribution is 9.11. The Bertz CT molecular complexity index is 1020. The lowest BCUT2D eigenvalue weighted by molar-refractivity contribution is -0.121. The van der Waals surface area contributed by atoms with Crippen molar-refractivity contribution >= 4 is 48.5 Å². The van der Waals surface area contributed by atoms with E-state index in [2.05, 4.69) is 42.1 Å². The van der Waals surface area contributed by atoms with Gasteiger partial charge in [0.05, 0.1) is 20.2 Å². The van der Waals surface area contributed by atoms with E-state index in [9.17, 15) is 9.18 Å². The van der Waals surface area contributed by atoms with Crippen molar-refractivity contribution in [3.05, 3.63) is 56.1 Å². The van der Waals surface area contributed by atoms with Gasteiger partial charge in [0.25, 0.3) is 0 Å². The van der Waals surface area contributed by atoms with Crippen molar-refractivity contribution in [1.82, 2.24) is 10.2 Å². The number of nitrogens with zero attached hydrogens (tertiary/aromatic N) is 2. The topological polar surface area (TPSA) is 52.1 Å². The van der Waals surface area contributed by atoms with Gasteiger partial charge >= 0.3 is 0 Å². The maximum Gasteiger partial charge on any atom is 0.164 e. The van der Waals surface area contributed by atoms with Crippen LogP contribution in [0, 0.1) is 13.8 Å². The number of carbonyl (C=O) groups excluding carboxylic acids is 1. The largest absolute Gasteiger partial charge is 0.455 e. The second-order valence-corrected chi connectivity index (χ2v) is 8.07. The Labute approximate surface area is 173 Å². The van der Waals surface area contributed by atoms with Crippen LogP contribution in [0.4, 0.5) is 4.39 Å². The molecule has 1 atom stereocenters. The number of aryl methyl sites for hydroxylation is 2. The van der Waals surface area contributed by atoms with Gasteiger partial charge in [0.1, 0.15) is 5.75 Å². The van der Waals surface area contributed by atoms with E-state index in [1.54, 1.807) is 12.1 Å². The lowest BCUT2D eigenvalue weighted by Crippen LogP contribution is -2.14. The Morgan fingerprint density at radius 1 is 1.15 bits per heavy atom. The quantitative estimate of drug-likeness (QED) is 0.433. The van der Waals surface area contributed by atoms with Crippen LogP contribution in [0.3, 0.4) is 0 Å². The minimum Gasteiger partial charge on any atom is -0.455 e. The summed E-state index contributed by atoms with van der Waals surface area (Å²) in [4.78, 5) is 11.2. The fraction of sp³-hybridized carbons (Fsp3) is 0.250. The number of fused-ring (bicyclic) bond motifs is 1. The van der Waals surface area contributed by atoms with E-state index >= 15 is 0 Å². The molecule has 0 fully saturated rings. The van der Waals surface area contributed by atoms with Gasteiger partial charge in [0, 0.05) is 11.8 Å². The van der Waals surface area contributed by atoms with E-state index in [1.165, 1.54) is 6.92 Å². The van der Waals surface area contributed by atoms with E-state index < -0.39 is 12.0 Å². The van der Waals surface area contributed by atoms with Gasteiger partial charge in [-0.15, -0.1) is 0 Å². The van der Waals surface area contributed by atoms with Crippen LogP contribution in [0.15, 0.2) is 39.3 Å². The zero-order chi connectivity index (χ0) is 19.7. The fourth-order valence-electron chi connectivity index (χ4n) is 2.66. The SMILES string of the molecule is CC(=O)C(F)Cc1cc(Br)c(Oc2ccc3nnc(C)c(C)c3c2)c(Br)c1. The number of Topliss-reactive ketones (excluding diaryl/α,β-unsaturated/α-hetero) is 1. The minimum atomic E-state index is -1.51. The molecule has 0 spiro atoms. The van der Waals surface area contributed by atoms with Gasteiger partial charge < -0.3 is 4.74 Å². The van der Waals surface area contributed by atoms with E-state index in [-0.39, 0.29) is 6.42 Å². The first-order chi connectivity index (χ1) is 12.8. The van der Waals surface area contributed by atoms with Gasteiger partial charge in [-0.2, -0.15) is 10.2 Å². The number of aromatic nitrogens is 2. The highest BCUT2D eigenvalue weighted by Crippen LogP contribution is 2.39. The standard InChI is InChI=1S/C20H17Br2FN2O2/c1-10-11(2)24-25-19-5-4-14(9-15(10)19)27-20-16(21)6-13(7-17(20)22)8-18(23)12(3)26/h4-7,9,18H,8H2,1-3H3. The molecular formula is C20H17Br2FN2O2. The van der Waals surface area contributed by atoms with E-state index in [0.29, 0.717) is 26.0 Å². The summed E-state index contributed by atoms with van der Waals surface area (Å²) in [6.07, 6.45) is -1.48. The maximum absolute atomic E-state index is 13.7. The van der Waals surface area contributed by atoms with Gasteiger partial charge in [0.2, 0.25) is 0 Å². The van der Waals surface area contributed by atoms with Crippen LogP contribution < -0.4 is 4.74 Å². The molecule has 0 aliphatic heterocycles. The van der Waals surface area contributed by atoms with Crippen LogP contribution in [0.2, 0.25) is 0 Å². The lowest BCUT2D eigenvalue weighted by atomic mass is 10.1. The number of hydrogen-bond acceptors (Lipinski definition) is 4. The normalized spacial score (nSPS) is 12.2. The number of ether oxygens (including phenoxy) is 1. The number of benzene rings is 2. The summed E-state index contributed by atoms with van der Waals surface area (Å²) >= 11 is 6.95. The third-order valence-electron chi connectivity index (χ3n) is 4.36. The molecule has 0 N–H and O–H groups in total. The number of ketones is 1. The summed E-state index contributed by atoms with van der Waals surface area (Å²) in [5.41, 5.74) is 3.43. The van der Waals surface area contributed by atoms with Crippen LogP contribution in [-0.2, 0) is 11.2 Å². The van der Waals surface area contributed by atoms with Crippen LogP contribution in [0.5, 0.6) is 11.5 Å². The summed E-state index contributed by atoms with van der Waals surface area (Å²) in [6, 6.07) is 9.13. The van der Waals surface area contributed by atoms with Crippen molar-refractivity contribution in [3.8, 4) is 11.5 Å². The molecule has 0 aliphatic rings. The molecule has 0 radical (unpaired) electrons. The zero-order valence-corrected chi connectivity index (χ0v) is 18.2. The van der Waals surface area contributed by atoms with Crippen molar-refractivity contribution in [2.45, 2.75) is 33.4 Å². The highest BCUT2D eigenvalue weighted by Gasteiger charge is 2.17. The molecule has 2 aromatic carbocycles. The van der Waals surface area contributed by atoms with E-state index in [0.717, 1.165) is 22.2 Å². The molecule has 1 aromatic heterocycles. The summed E-state index contributed by atoms with van der Waals surface area (Å²) in [6.45, 7) is 5.17. The average molecular weight is 496 g/mol. The van der Waals surface area contributed by atoms with Crippen LogP contribution in [-0.4, -0.2) is 22.2 Å². The molecule has 0 aliphatic carbocycles. The molecule has 0 saturated carbocycles. The molecule has 0 bridgehead atoms. The first-order valence-electron chi connectivity index (χ1n) is 8.30. The van der Waals surface area contributed by atoms with Gasteiger partial charge in [0.15, 0.2) is 17.7 Å². The Balaban J connectivity index is 1.92. The molecule has 3 aromatic rings. The number of rotatable bonds is 5. The molecule has 4 nitrogen and oxygen atoms in total. The predicted octanol–water partition coefficient (Wildman–Crippen LogP) is 6.03. The van der Waals surface area contributed by atoms with Crippen LogP contribution in [0.25, 0.3) is 10.9 Å². The summed E-state index contributed by atoms with van der Waals surface area (Å²) < 4.78 is 21.1. The highest BCUT2D eigenvalue weighted by atomic mass is 79.9. The number of carbonyl (C=O) groups is 1. The van der Waals surface area contributed by atoms with Gasteiger partial charge in [-0.05, 0) is 94.1 Å². The van der Waals surface area contributed by atoms with E-state index in [4.69, 9.17) is 4.74 Å². The smallest absolute Gasteiger partial charge is 0.164 e.